The zero-order valence-electron chi connectivity index (χ0n) is 13.8. The first kappa shape index (κ1) is 16.7. The predicted octanol–water partition coefficient (Wildman–Crippen LogP) is 4.00. The van der Waals surface area contributed by atoms with Gasteiger partial charge in [-0.1, -0.05) is 6.07 Å². The average Bonchev–Trinajstić information content (AvgIpc) is 2.46. The number of hydrogen-bond acceptors (Lipinski definition) is 5. The monoisotopic (exact) mass is 314 g/mol. The van der Waals surface area contributed by atoms with Crippen molar-refractivity contribution in [3.05, 3.63) is 48.5 Å². The van der Waals surface area contributed by atoms with Crippen LogP contribution >= 0.6 is 0 Å². The summed E-state index contributed by atoms with van der Waals surface area (Å²) in [6, 6.07) is 7.44. The Kier molecular flexibility index (Phi) is 5.16. The third-order valence-electron chi connectivity index (χ3n) is 2.92. The maximum absolute atomic E-state index is 11.8. The van der Waals surface area contributed by atoms with E-state index in [2.05, 4.69) is 20.6 Å². The van der Waals surface area contributed by atoms with Gasteiger partial charge in [-0.2, -0.15) is 0 Å². The maximum Gasteiger partial charge on any atom is 0.412 e. The first-order valence-electron chi connectivity index (χ1n) is 7.46. The van der Waals surface area contributed by atoms with E-state index in [9.17, 15) is 4.79 Å². The number of benzene rings is 1. The summed E-state index contributed by atoms with van der Waals surface area (Å²) in [5, 5.41) is 6.05. The Bertz CT molecular complexity index is 653. The third kappa shape index (κ3) is 5.58. The van der Waals surface area contributed by atoms with Gasteiger partial charge < -0.3 is 10.1 Å². The van der Waals surface area contributed by atoms with Crippen molar-refractivity contribution in [3.8, 4) is 0 Å². The standard InChI is InChI=1S/C17H22N4O2/c1-12(15-11-18-8-9-19-15)20-13-6-5-7-14(10-13)21-16(22)23-17(2,3)4/h5-12,20H,1-4H3,(H,21,22). The van der Waals surface area contributed by atoms with Crippen LogP contribution in [0.15, 0.2) is 42.9 Å². The number of carbonyl (C=O) groups excluding carboxylic acids is 1. The highest BCUT2D eigenvalue weighted by molar-refractivity contribution is 5.85. The fourth-order valence-electron chi connectivity index (χ4n) is 1.97. The SMILES string of the molecule is CC(Nc1cccc(NC(=O)OC(C)(C)C)c1)c1cnccn1. The summed E-state index contributed by atoms with van der Waals surface area (Å²) in [4.78, 5) is 20.1. The lowest BCUT2D eigenvalue weighted by Gasteiger charge is -2.20. The molecule has 0 bridgehead atoms. The molecule has 122 valence electrons. The molecular formula is C17H22N4O2. The van der Waals surface area contributed by atoms with E-state index in [0.717, 1.165) is 11.4 Å². The summed E-state index contributed by atoms with van der Waals surface area (Å²) < 4.78 is 5.24. The van der Waals surface area contributed by atoms with Crippen LogP contribution < -0.4 is 10.6 Å². The highest BCUT2D eigenvalue weighted by atomic mass is 16.6. The smallest absolute Gasteiger partial charge is 0.412 e. The highest BCUT2D eigenvalue weighted by Gasteiger charge is 2.16. The van der Waals surface area contributed by atoms with Gasteiger partial charge >= 0.3 is 6.09 Å². The Morgan fingerprint density at radius 2 is 1.96 bits per heavy atom. The zero-order valence-corrected chi connectivity index (χ0v) is 13.8. The predicted molar refractivity (Wildman–Crippen MR) is 90.4 cm³/mol. The molecule has 2 N–H and O–H groups in total. The minimum atomic E-state index is -0.527. The average molecular weight is 314 g/mol. The number of carbonyl (C=O) groups is 1. The zero-order chi connectivity index (χ0) is 16.9. The van der Waals surface area contributed by atoms with E-state index >= 15 is 0 Å². The van der Waals surface area contributed by atoms with Crippen molar-refractivity contribution in [1.82, 2.24) is 9.97 Å². The van der Waals surface area contributed by atoms with E-state index in [-0.39, 0.29) is 6.04 Å². The van der Waals surface area contributed by atoms with Gasteiger partial charge in [0.15, 0.2) is 0 Å². The Morgan fingerprint density at radius 1 is 1.22 bits per heavy atom. The Hall–Kier alpha value is -2.63. The van der Waals surface area contributed by atoms with Gasteiger partial charge in [0.05, 0.1) is 17.9 Å². The molecule has 0 aliphatic heterocycles. The summed E-state index contributed by atoms with van der Waals surface area (Å²) in [5.74, 6) is 0. The molecule has 2 aromatic rings. The molecule has 1 unspecified atom stereocenters. The molecule has 2 rings (SSSR count). The van der Waals surface area contributed by atoms with Crippen molar-refractivity contribution in [2.45, 2.75) is 39.3 Å². The lowest BCUT2D eigenvalue weighted by molar-refractivity contribution is 0.0636. The summed E-state index contributed by atoms with van der Waals surface area (Å²) in [6.07, 6.45) is 4.55. The minimum absolute atomic E-state index is 0.000441. The van der Waals surface area contributed by atoms with Crippen molar-refractivity contribution in [1.29, 1.82) is 0 Å². The van der Waals surface area contributed by atoms with Gasteiger partial charge in [-0.3, -0.25) is 15.3 Å². The van der Waals surface area contributed by atoms with Gasteiger partial charge in [-0.25, -0.2) is 4.79 Å². The number of anilines is 2. The molecule has 6 nitrogen and oxygen atoms in total. The van der Waals surface area contributed by atoms with Gasteiger partial charge in [0.2, 0.25) is 0 Å². The molecule has 6 heteroatoms. The molecular weight excluding hydrogens is 292 g/mol. The summed E-state index contributed by atoms with van der Waals surface area (Å²) in [5.41, 5.74) is 1.85. The molecule has 23 heavy (non-hydrogen) atoms. The van der Waals surface area contributed by atoms with Crippen molar-refractivity contribution in [2.75, 3.05) is 10.6 Å². The van der Waals surface area contributed by atoms with Crippen LogP contribution in [0.4, 0.5) is 16.2 Å². The molecule has 1 amide bonds. The maximum atomic E-state index is 11.8. The minimum Gasteiger partial charge on any atom is -0.444 e. The topological polar surface area (TPSA) is 76.1 Å². The van der Waals surface area contributed by atoms with Crippen LogP contribution in [0.2, 0.25) is 0 Å². The second kappa shape index (κ2) is 7.09. The van der Waals surface area contributed by atoms with Gasteiger partial charge in [-0.05, 0) is 45.9 Å². The summed E-state index contributed by atoms with van der Waals surface area (Å²) in [7, 11) is 0. The third-order valence-corrected chi connectivity index (χ3v) is 2.92. The first-order chi connectivity index (χ1) is 10.8. The molecule has 1 atom stereocenters. The van der Waals surface area contributed by atoms with Crippen molar-refractivity contribution >= 4 is 17.5 Å². The quantitative estimate of drug-likeness (QED) is 0.892. The van der Waals surface area contributed by atoms with Crippen molar-refractivity contribution in [3.63, 3.8) is 0 Å². The number of hydrogen-bond donors (Lipinski definition) is 2. The molecule has 0 spiro atoms. The van der Waals surface area contributed by atoms with Crippen LogP contribution in [0.25, 0.3) is 0 Å². The Balaban J connectivity index is 2.01. The molecule has 1 aromatic heterocycles. The number of aromatic nitrogens is 2. The summed E-state index contributed by atoms with van der Waals surface area (Å²) >= 11 is 0. The van der Waals surface area contributed by atoms with Gasteiger partial charge in [0.1, 0.15) is 5.60 Å². The van der Waals surface area contributed by atoms with Crippen LogP contribution in [0.5, 0.6) is 0 Å². The molecule has 0 aliphatic carbocycles. The second-order valence-electron chi connectivity index (χ2n) is 6.20. The van der Waals surface area contributed by atoms with Gasteiger partial charge in [0.25, 0.3) is 0 Å². The van der Waals surface area contributed by atoms with E-state index < -0.39 is 11.7 Å². The van der Waals surface area contributed by atoms with E-state index in [4.69, 9.17) is 4.74 Å². The number of ether oxygens (including phenoxy) is 1. The number of amides is 1. The highest BCUT2D eigenvalue weighted by Crippen LogP contribution is 2.21. The summed E-state index contributed by atoms with van der Waals surface area (Å²) in [6.45, 7) is 7.48. The van der Waals surface area contributed by atoms with E-state index in [1.807, 2.05) is 52.0 Å². The normalized spacial score (nSPS) is 12.3. The van der Waals surface area contributed by atoms with E-state index in [1.165, 1.54) is 0 Å². The lowest BCUT2D eigenvalue weighted by Crippen LogP contribution is -2.27. The Labute approximate surface area is 136 Å². The van der Waals surface area contributed by atoms with E-state index in [1.54, 1.807) is 18.6 Å². The number of nitrogens with one attached hydrogen (secondary N) is 2. The van der Waals surface area contributed by atoms with Crippen molar-refractivity contribution < 1.29 is 9.53 Å². The Morgan fingerprint density at radius 3 is 2.61 bits per heavy atom. The molecule has 1 heterocycles. The van der Waals surface area contributed by atoms with Crippen LogP contribution in [0.3, 0.4) is 0 Å². The van der Waals surface area contributed by atoms with Crippen LogP contribution in [0, 0.1) is 0 Å². The fourth-order valence-corrected chi connectivity index (χ4v) is 1.97. The van der Waals surface area contributed by atoms with Crippen LogP contribution in [0.1, 0.15) is 39.4 Å². The lowest BCUT2D eigenvalue weighted by atomic mass is 10.2. The molecule has 0 fully saturated rings. The fraction of sp³-hybridized carbons (Fsp3) is 0.353. The van der Waals surface area contributed by atoms with Crippen LogP contribution in [-0.4, -0.2) is 21.7 Å². The number of rotatable bonds is 4. The van der Waals surface area contributed by atoms with Gasteiger partial charge in [-0.15, -0.1) is 0 Å². The van der Waals surface area contributed by atoms with Crippen molar-refractivity contribution in [2.24, 2.45) is 0 Å². The van der Waals surface area contributed by atoms with Gasteiger partial charge in [0, 0.05) is 23.8 Å². The van der Waals surface area contributed by atoms with E-state index in [0.29, 0.717) is 5.69 Å². The molecule has 0 saturated heterocycles. The largest absolute Gasteiger partial charge is 0.444 e. The first-order valence-corrected chi connectivity index (χ1v) is 7.46. The molecule has 1 aromatic carbocycles. The molecule has 0 aliphatic rings. The second-order valence-corrected chi connectivity index (χ2v) is 6.20. The molecule has 0 saturated carbocycles. The molecule has 0 radical (unpaired) electrons. The number of nitrogens with zero attached hydrogens (tertiary/aromatic N) is 2. The van der Waals surface area contributed by atoms with Crippen LogP contribution in [-0.2, 0) is 4.74 Å².